The number of aliphatic carboxylic acids is 5. The van der Waals surface area contributed by atoms with E-state index >= 15 is 0 Å². The van der Waals surface area contributed by atoms with Crippen LogP contribution >= 0.6 is 12.6 Å². The van der Waals surface area contributed by atoms with Gasteiger partial charge < -0.3 is 79.5 Å². The normalized spacial score (nSPS) is 14.2. The van der Waals surface area contributed by atoms with Crippen LogP contribution in [0.1, 0.15) is 97.5 Å². The molecule has 0 spiro atoms. The van der Waals surface area contributed by atoms with Crippen molar-refractivity contribution in [3.63, 3.8) is 0 Å². The number of hydrogen-bond acceptors (Lipinski definition) is 16. The molecule has 0 aliphatic heterocycles. The molecular weight excluding hydrogens is 997 g/mol. The number of carbonyl (C=O) groups excluding carboxylic acids is 7. The molecule has 0 fully saturated rings. The lowest BCUT2D eigenvalue weighted by atomic mass is 9.80. The molecule has 7 amide bonds. The number of Topliss-reactive ketones (excluding diaryl/α,β-unsaturated/α-hetero) is 1. The topological polar surface area (TPSA) is 454 Å². The Balaban J connectivity index is 2.87. The monoisotopic (exact) mass is 1070 g/mol. The number of ketones is 1. The van der Waals surface area contributed by atoms with Gasteiger partial charge in [0.15, 0.2) is 5.78 Å². The van der Waals surface area contributed by atoms with E-state index in [1.807, 2.05) is 5.32 Å². The van der Waals surface area contributed by atoms with Gasteiger partial charge >= 0.3 is 35.9 Å². The van der Waals surface area contributed by atoms with E-state index in [0.29, 0.717) is 24.2 Å². The Bertz CT molecular complexity index is 2130. The van der Waals surface area contributed by atoms with Crippen LogP contribution in [0.15, 0.2) is 30.3 Å². The molecule has 0 aliphatic rings. The van der Waals surface area contributed by atoms with E-state index < -0.39 is 163 Å². The highest BCUT2D eigenvalue weighted by molar-refractivity contribution is 7.80. The van der Waals surface area contributed by atoms with Gasteiger partial charge in [-0.1, -0.05) is 44.2 Å². The Morgan fingerprint density at radius 3 is 1.64 bits per heavy atom. The first-order valence-electron chi connectivity index (χ1n) is 23.5. The molecule has 1 rings (SSSR count). The Hall–Kier alpha value is -6.91. The number of thiol groups is 1. The van der Waals surface area contributed by atoms with Crippen molar-refractivity contribution < 1.29 is 83.1 Å². The molecule has 17 N–H and O–H groups in total. The molecule has 0 aliphatic carbocycles. The van der Waals surface area contributed by atoms with Crippen molar-refractivity contribution in [1.29, 1.82) is 0 Å². The van der Waals surface area contributed by atoms with E-state index in [0.717, 1.165) is 0 Å². The minimum absolute atomic E-state index is 0.0453. The third-order valence-electron chi connectivity index (χ3n) is 11.2. The fourth-order valence-corrected chi connectivity index (χ4v) is 7.11. The molecule has 0 bridgehead atoms. The van der Waals surface area contributed by atoms with Gasteiger partial charge in [0.2, 0.25) is 29.5 Å². The van der Waals surface area contributed by atoms with Gasteiger partial charge in [-0.15, -0.1) is 0 Å². The molecule has 27 nitrogen and oxygen atoms in total. The van der Waals surface area contributed by atoms with E-state index in [2.05, 4.69) is 49.8 Å². The van der Waals surface area contributed by atoms with Crippen LogP contribution in [0.25, 0.3) is 0 Å². The summed E-state index contributed by atoms with van der Waals surface area (Å²) in [5.41, 5.74) is 10.9. The average Bonchev–Trinajstić information content (AvgIpc) is 3.30. The first kappa shape index (κ1) is 65.1. The van der Waals surface area contributed by atoms with E-state index in [1.54, 1.807) is 58.0 Å². The molecule has 1 unspecified atom stereocenters. The van der Waals surface area contributed by atoms with Gasteiger partial charge in [0.05, 0.1) is 24.5 Å². The standard InChI is InChI=1S/C46H72N10O17S/c1-45(2,16-17-46(3,4)56-34(58)14-11-29(42(69)70)54-44(73)55-30(43(71)72)12-15-36(60)61)22-35(59)52-32(20-25-8-6-5-7-9-25)40(66)53-28(41(67)68)10-13-33(57)51-24-27(48)38(64)26(47)23-50-31(21-37(62)63)39(65)49-18-19-74/h5-9,26-32,50,74H,10-24,47-48H2,1-4H3,(H,49,65)(H,51,57)(H,52,59)(H,53,66)(H,56,58)(H,60,61)(H,62,63)(H,67,68)(H,69,70)(H,71,72)(H2,54,55,73)/t26?,27-,28-,29-,30-,31-,32-/m0/s1. The number of benzene rings is 1. The van der Waals surface area contributed by atoms with Crippen molar-refractivity contribution in [2.45, 2.75) is 146 Å². The van der Waals surface area contributed by atoms with Crippen LogP contribution in [0.5, 0.6) is 0 Å². The Morgan fingerprint density at radius 2 is 1.11 bits per heavy atom. The lowest BCUT2D eigenvalue weighted by molar-refractivity contribution is -0.143. The summed E-state index contributed by atoms with van der Waals surface area (Å²) in [7, 11) is 0. The molecule has 0 radical (unpaired) electrons. The number of rotatable bonds is 37. The van der Waals surface area contributed by atoms with E-state index in [4.69, 9.17) is 21.7 Å². The molecule has 1 aromatic carbocycles. The van der Waals surface area contributed by atoms with Crippen LogP contribution < -0.4 is 54.0 Å². The summed E-state index contributed by atoms with van der Waals surface area (Å²) in [5, 5.41) is 66.3. The Morgan fingerprint density at radius 1 is 0.581 bits per heavy atom. The second-order valence-electron chi connectivity index (χ2n) is 18.9. The Kier molecular flexibility index (Phi) is 28.4. The van der Waals surface area contributed by atoms with E-state index in [1.165, 1.54) is 0 Å². The number of carboxylic acids is 5. The molecule has 414 valence electrons. The van der Waals surface area contributed by atoms with Crippen molar-refractivity contribution in [2.24, 2.45) is 16.9 Å². The van der Waals surface area contributed by atoms with Crippen LogP contribution in [-0.2, 0) is 59.2 Å². The first-order valence-corrected chi connectivity index (χ1v) is 24.2. The summed E-state index contributed by atoms with van der Waals surface area (Å²) < 4.78 is 0. The predicted molar refractivity (Wildman–Crippen MR) is 266 cm³/mol. The first-order chi connectivity index (χ1) is 34.4. The maximum atomic E-state index is 13.7. The minimum Gasteiger partial charge on any atom is -0.481 e. The molecule has 0 aromatic heterocycles. The van der Waals surface area contributed by atoms with Crippen molar-refractivity contribution >= 4 is 83.8 Å². The molecular formula is C46H72N10O17S. The maximum Gasteiger partial charge on any atom is 0.326 e. The van der Waals surface area contributed by atoms with Gasteiger partial charge in [0.1, 0.15) is 24.2 Å². The van der Waals surface area contributed by atoms with Crippen LogP contribution in [0.3, 0.4) is 0 Å². The summed E-state index contributed by atoms with van der Waals surface area (Å²) in [6, 6.07) is -2.60. The SMILES string of the molecule is CC(C)(CCC(C)(C)NC(=O)CC[C@H](NC(=O)N[C@@H](CCC(=O)O)C(=O)O)C(=O)O)CC(=O)N[C@@H](Cc1ccccc1)C(=O)N[C@@H](CCC(=O)NC[C@H](N)C(=O)C(N)CN[C@@H](CC(=O)O)C(=O)NCCS)C(=O)O. The van der Waals surface area contributed by atoms with Crippen molar-refractivity contribution in [3.05, 3.63) is 35.9 Å². The summed E-state index contributed by atoms with van der Waals surface area (Å²) >= 11 is 3.98. The predicted octanol–water partition coefficient (Wildman–Crippen LogP) is -2.18. The van der Waals surface area contributed by atoms with Gasteiger partial charge in [0, 0.05) is 63.0 Å². The summed E-state index contributed by atoms with van der Waals surface area (Å²) in [6.07, 6.45) is -2.78. The summed E-state index contributed by atoms with van der Waals surface area (Å²) in [4.78, 5) is 148. The third kappa shape index (κ3) is 27.2. The van der Waals surface area contributed by atoms with Crippen LogP contribution in [0.2, 0.25) is 0 Å². The number of nitrogens with two attached hydrogens (primary N) is 2. The lowest BCUT2D eigenvalue weighted by Crippen LogP contribution is -2.55. The zero-order valence-electron chi connectivity index (χ0n) is 41.8. The van der Waals surface area contributed by atoms with E-state index in [-0.39, 0.29) is 38.8 Å². The molecule has 0 heterocycles. The quantitative estimate of drug-likeness (QED) is 0.0315. The van der Waals surface area contributed by atoms with Crippen molar-refractivity contribution in [3.8, 4) is 0 Å². The Labute approximate surface area is 432 Å². The number of hydrogen-bond donors (Lipinski definition) is 16. The highest BCUT2D eigenvalue weighted by Crippen LogP contribution is 2.30. The zero-order chi connectivity index (χ0) is 56.3. The van der Waals surface area contributed by atoms with E-state index in [9.17, 15) is 72.9 Å². The van der Waals surface area contributed by atoms with Crippen LogP contribution in [-0.4, -0.2) is 170 Å². The number of carboxylic acid groups (broad SMARTS) is 5. The highest BCUT2D eigenvalue weighted by Gasteiger charge is 2.33. The molecule has 74 heavy (non-hydrogen) atoms. The second kappa shape index (κ2) is 32.3. The molecule has 28 heteroatoms. The van der Waals surface area contributed by atoms with Crippen LogP contribution in [0, 0.1) is 5.41 Å². The van der Waals surface area contributed by atoms with Gasteiger partial charge in [-0.3, -0.25) is 38.4 Å². The van der Waals surface area contributed by atoms with Gasteiger partial charge in [-0.25, -0.2) is 19.2 Å². The fraction of sp³-hybridized carbons (Fsp3) is 0.609. The molecule has 7 atom stereocenters. The number of urea groups is 1. The maximum absolute atomic E-state index is 13.7. The molecule has 1 aromatic rings. The van der Waals surface area contributed by atoms with Crippen molar-refractivity contribution in [2.75, 3.05) is 25.4 Å². The second-order valence-corrected chi connectivity index (χ2v) is 19.3. The van der Waals surface area contributed by atoms with Crippen LogP contribution in [0.4, 0.5) is 4.79 Å². The fourth-order valence-electron chi connectivity index (χ4n) is 6.99. The van der Waals surface area contributed by atoms with Gasteiger partial charge in [-0.2, -0.15) is 12.6 Å². The van der Waals surface area contributed by atoms with Gasteiger partial charge in [0.25, 0.3) is 0 Å². The summed E-state index contributed by atoms with van der Waals surface area (Å²) in [6.45, 7) is 6.36. The molecule has 0 saturated heterocycles. The molecule has 0 saturated carbocycles. The third-order valence-corrected chi connectivity index (χ3v) is 11.4. The minimum atomic E-state index is -1.61. The highest BCUT2D eigenvalue weighted by atomic mass is 32.1. The largest absolute Gasteiger partial charge is 0.481 e. The summed E-state index contributed by atoms with van der Waals surface area (Å²) in [5.74, 6) is -10.9. The zero-order valence-corrected chi connectivity index (χ0v) is 42.7. The van der Waals surface area contributed by atoms with Gasteiger partial charge in [-0.05, 0) is 56.9 Å². The smallest absolute Gasteiger partial charge is 0.326 e. The number of nitrogens with one attached hydrogen (secondary N) is 8. The van der Waals surface area contributed by atoms with Crippen molar-refractivity contribution in [1.82, 2.24) is 42.5 Å². The average molecular weight is 1070 g/mol. The number of amides is 7. The number of carbonyl (C=O) groups is 12. The lowest BCUT2D eigenvalue weighted by Gasteiger charge is -2.32.